The van der Waals surface area contributed by atoms with E-state index in [1.807, 2.05) is 60.0 Å². The summed E-state index contributed by atoms with van der Waals surface area (Å²) >= 11 is 0. The van der Waals surface area contributed by atoms with Crippen molar-refractivity contribution in [1.82, 2.24) is 30.2 Å². The molecule has 0 aliphatic carbocycles. The van der Waals surface area contributed by atoms with Crippen molar-refractivity contribution in [3.05, 3.63) is 77.9 Å². The Kier molecular flexibility index (Phi) is 9.18. The minimum absolute atomic E-state index is 0.134. The summed E-state index contributed by atoms with van der Waals surface area (Å²) in [7, 11) is 1.57. The van der Waals surface area contributed by atoms with Crippen LogP contribution in [0.25, 0.3) is 33.5 Å². The highest BCUT2D eigenvalue weighted by Crippen LogP contribution is 2.33. The van der Waals surface area contributed by atoms with Crippen molar-refractivity contribution >= 4 is 23.2 Å². The Balaban J connectivity index is 1.09. The summed E-state index contributed by atoms with van der Waals surface area (Å²) in [6.45, 7) is 5.94. The molecule has 50 heavy (non-hydrogen) atoms. The van der Waals surface area contributed by atoms with Gasteiger partial charge in [0.15, 0.2) is 6.10 Å². The minimum atomic E-state index is -1.68. The highest BCUT2D eigenvalue weighted by Gasteiger charge is 2.50. The van der Waals surface area contributed by atoms with E-state index in [9.17, 15) is 9.59 Å². The zero-order valence-electron chi connectivity index (χ0n) is 27.9. The number of methoxy groups -OCH3 is 1. The van der Waals surface area contributed by atoms with Crippen molar-refractivity contribution in [2.24, 2.45) is 0 Å². The number of H-pyrrole nitrogens is 1. The Morgan fingerprint density at radius 3 is 2.40 bits per heavy atom. The number of para-hydroxylation sites is 1. The molecule has 0 bridgehead atoms. The number of aromatic nitrogens is 6. The van der Waals surface area contributed by atoms with Crippen molar-refractivity contribution < 1.29 is 42.7 Å². The van der Waals surface area contributed by atoms with Gasteiger partial charge in [0.1, 0.15) is 18.3 Å². The molecule has 260 valence electrons. The number of ether oxygens (including phenoxy) is 7. The second-order valence-electron chi connectivity index (χ2n) is 12.2. The van der Waals surface area contributed by atoms with E-state index in [1.54, 1.807) is 25.3 Å². The predicted molar refractivity (Wildman–Crippen MR) is 176 cm³/mol. The third-order valence-corrected chi connectivity index (χ3v) is 8.52. The topological polar surface area (TPSA) is 171 Å². The van der Waals surface area contributed by atoms with Crippen LogP contribution in [0.15, 0.2) is 66.7 Å². The van der Waals surface area contributed by atoms with Crippen LogP contribution < -0.4 is 4.74 Å². The number of benzene rings is 3. The zero-order chi connectivity index (χ0) is 34.8. The van der Waals surface area contributed by atoms with Crippen molar-refractivity contribution in [3.8, 4) is 28.5 Å². The number of nitrogens with zero attached hydrogens (tertiary/aromatic N) is 5. The van der Waals surface area contributed by atoms with E-state index in [4.69, 9.17) is 33.2 Å². The van der Waals surface area contributed by atoms with Crippen LogP contribution in [0.3, 0.4) is 0 Å². The van der Waals surface area contributed by atoms with E-state index in [-0.39, 0.29) is 24.4 Å². The van der Waals surface area contributed by atoms with Gasteiger partial charge in [-0.3, -0.25) is 4.57 Å². The SMILES string of the molecule is CCOc1nc2cccc(C(=O)OC(C)(C)OC(=O)O[C@H]3CO[C@H]4[C@@H]3OC[C@H]4OC)c2n1Cc1ccc(-c2ccccc2-c2nn[nH]n2)cc1. The molecule has 2 fully saturated rings. The van der Waals surface area contributed by atoms with Gasteiger partial charge in [0.2, 0.25) is 5.82 Å². The summed E-state index contributed by atoms with van der Waals surface area (Å²) in [5.41, 5.74) is 4.96. The van der Waals surface area contributed by atoms with Crippen LogP contribution >= 0.6 is 0 Å². The van der Waals surface area contributed by atoms with Crippen LogP contribution in [0, 0.1) is 0 Å². The van der Waals surface area contributed by atoms with Gasteiger partial charge in [0.25, 0.3) is 11.8 Å². The van der Waals surface area contributed by atoms with Crippen molar-refractivity contribution in [2.45, 2.75) is 57.5 Å². The van der Waals surface area contributed by atoms with Crippen LogP contribution in [-0.2, 0) is 35.0 Å². The first-order valence-corrected chi connectivity index (χ1v) is 16.2. The van der Waals surface area contributed by atoms with Gasteiger partial charge in [-0.15, -0.1) is 10.2 Å². The molecule has 3 aromatic carbocycles. The number of tetrazole rings is 1. The number of hydrogen-bond acceptors (Lipinski definition) is 13. The number of esters is 1. The van der Waals surface area contributed by atoms with Crippen molar-refractivity contribution in [3.63, 3.8) is 0 Å². The molecule has 15 heteroatoms. The Morgan fingerprint density at radius 2 is 1.68 bits per heavy atom. The van der Waals surface area contributed by atoms with E-state index in [0.717, 1.165) is 22.3 Å². The molecule has 4 heterocycles. The molecule has 7 rings (SSSR count). The van der Waals surface area contributed by atoms with Crippen LogP contribution in [0.1, 0.15) is 36.7 Å². The summed E-state index contributed by atoms with van der Waals surface area (Å²) in [6.07, 6.45) is -2.76. The van der Waals surface area contributed by atoms with E-state index in [2.05, 4.69) is 25.6 Å². The fraction of sp³-hybridized carbons (Fsp3) is 0.371. The Bertz CT molecular complexity index is 1980. The lowest BCUT2D eigenvalue weighted by molar-refractivity contribution is -0.162. The third kappa shape index (κ3) is 6.62. The second-order valence-corrected chi connectivity index (χ2v) is 12.2. The fourth-order valence-corrected chi connectivity index (χ4v) is 6.27. The van der Waals surface area contributed by atoms with Crippen LogP contribution in [0.4, 0.5) is 4.79 Å². The highest BCUT2D eigenvalue weighted by molar-refractivity contribution is 6.02. The standard InChI is InChI=1S/C35H36N6O9/c1-5-45-33-36-25-12-8-11-24(32(42)49-35(2,3)50-34(43)48-27-19-47-29-26(44-4)18-46-30(27)29)28(25)41(33)17-20-13-15-21(16-14-20)22-9-6-7-10-23(22)31-37-39-40-38-31/h6-16,26-27,29-30H,5,17-19H2,1-4H3,(H,37,38,39,40)/t26-,27+,29-,30-/m1/s1. The molecule has 0 saturated carbocycles. The second kappa shape index (κ2) is 13.9. The quantitative estimate of drug-likeness (QED) is 0.152. The summed E-state index contributed by atoms with van der Waals surface area (Å²) < 4.78 is 41.2. The highest BCUT2D eigenvalue weighted by atomic mass is 16.8. The lowest BCUT2D eigenvalue weighted by Gasteiger charge is -2.26. The smallest absolute Gasteiger partial charge is 0.465 e. The fourth-order valence-electron chi connectivity index (χ4n) is 6.27. The maximum absolute atomic E-state index is 13.7. The summed E-state index contributed by atoms with van der Waals surface area (Å²) in [6, 6.07) is 21.3. The van der Waals surface area contributed by atoms with Gasteiger partial charge in [-0.1, -0.05) is 54.6 Å². The van der Waals surface area contributed by atoms with Gasteiger partial charge in [0, 0.05) is 26.5 Å². The van der Waals surface area contributed by atoms with E-state index in [1.165, 1.54) is 13.8 Å². The van der Waals surface area contributed by atoms with Gasteiger partial charge in [-0.05, 0) is 41.0 Å². The molecular formula is C35H36N6O9. The molecule has 0 unspecified atom stereocenters. The molecule has 5 aromatic rings. The normalized spacial score (nSPS) is 20.1. The van der Waals surface area contributed by atoms with Crippen molar-refractivity contribution in [2.75, 3.05) is 26.9 Å². The average molecular weight is 685 g/mol. The largest absolute Gasteiger partial charge is 0.512 e. The number of nitrogens with one attached hydrogen (secondary N) is 1. The first-order chi connectivity index (χ1) is 24.2. The van der Waals surface area contributed by atoms with Gasteiger partial charge in [0.05, 0.1) is 43.0 Å². The van der Waals surface area contributed by atoms with Crippen LogP contribution in [0.5, 0.6) is 6.01 Å². The van der Waals surface area contributed by atoms with E-state index >= 15 is 0 Å². The summed E-state index contributed by atoms with van der Waals surface area (Å²) in [5.74, 6) is -1.90. The van der Waals surface area contributed by atoms with E-state index < -0.39 is 30.1 Å². The van der Waals surface area contributed by atoms with Crippen LogP contribution in [-0.4, -0.2) is 99.4 Å². The molecule has 2 aliphatic rings. The number of rotatable bonds is 11. The molecular weight excluding hydrogens is 648 g/mol. The van der Waals surface area contributed by atoms with Gasteiger partial charge < -0.3 is 33.2 Å². The number of aromatic amines is 1. The number of fused-ring (bicyclic) bond motifs is 2. The Morgan fingerprint density at radius 1 is 0.940 bits per heavy atom. The Labute approximate surface area is 286 Å². The molecule has 0 radical (unpaired) electrons. The number of carbonyl (C=O) groups excluding carboxylic acids is 2. The first kappa shape index (κ1) is 33.1. The molecule has 2 aromatic heterocycles. The Hall–Kier alpha value is -5.38. The number of carbonyl (C=O) groups is 2. The lowest BCUT2D eigenvalue weighted by atomic mass is 9.98. The van der Waals surface area contributed by atoms with Gasteiger partial charge >= 0.3 is 12.1 Å². The molecule has 0 amide bonds. The molecule has 1 N–H and O–H groups in total. The molecule has 2 aliphatic heterocycles. The van der Waals surface area contributed by atoms with Gasteiger partial charge in [-0.2, -0.15) is 10.2 Å². The number of hydrogen-bond donors (Lipinski definition) is 1. The maximum Gasteiger partial charge on any atom is 0.512 e. The molecule has 4 atom stereocenters. The molecule has 15 nitrogen and oxygen atoms in total. The van der Waals surface area contributed by atoms with Gasteiger partial charge in [-0.25, -0.2) is 9.59 Å². The summed E-state index contributed by atoms with van der Waals surface area (Å²) in [5, 5.41) is 14.5. The lowest BCUT2D eigenvalue weighted by Crippen LogP contribution is -2.38. The number of imidazole rings is 1. The van der Waals surface area contributed by atoms with E-state index in [0.29, 0.717) is 42.6 Å². The minimum Gasteiger partial charge on any atom is -0.465 e. The zero-order valence-corrected chi connectivity index (χ0v) is 27.9. The average Bonchev–Trinajstić information content (AvgIpc) is 3.91. The molecule has 2 saturated heterocycles. The predicted octanol–water partition coefficient (Wildman–Crippen LogP) is 4.56. The first-order valence-electron chi connectivity index (χ1n) is 16.2. The van der Waals surface area contributed by atoms with Crippen LogP contribution in [0.2, 0.25) is 0 Å². The maximum atomic E-state index is 13.7. The molecule has 0 spiro atoms. The monoisotopic (exact) mass is 684 g/mol. The summed E-state index contributed by atoms with van der Waals surface area (Å²) in [4.78, 5) is 31.2. The third-order valence-electron chi connectivity index (χ3n) is 8.52. The van der Waals surface area contributed by atoms with Crippen molar-refractivity contribution in [1.29, 1.82) is 0 Å².